The Morgan fingerprint density at radius 2 is 2.29 bits per heavy atom. The Hall–Kier alpha value is -1.33. The van der Waals surface area contributed by atoms with E-state index in [2.05, 4.69) is 10.4 Å². The number of pyridine rings is 1. The van der Waals surface area contributed by atoms with Gasteiger partial charge in [-0.25, -0.2) is 9.99 Å². The summed E-state index contributed by atoms with van der Waals surface area (Å²) in [5.74, 6) is -0.309. The summed E-state index contributed by atoms with van der Waals surface area (Å²) in [6.45, 7) is 0. The molecule has 1 rings (SSSR count). The van der Waals surface area contributed by atoms with Crippen molar-refractivity contribution in [3.05, 3.63) is 23.0 Å². The first kappa shape index (κ1) is 10.7. The van der Waals surface area contributed by atoms with Gasteiger partial charge in [0.25, 0.3) is 5.91 Å². The van der Waals surface area contributed by atoms with E-state index in [4.69, 9.17) is 17.3 Å². The summed E-state index contributed by atoms with van der Waals surface area (Å²) in [5.41, 5.74) is 8.74. The van der Waals surface area contributed by atoms with Gasteiger partial charge in [-0.05, 0) is 6.07 Å². The number of amides is 1. The highest BCUT2D eigenvalue weighted by Gasteiger charge is 2.10. The van der Waals surface area contributed by atoms with Crippen LogP contribution in [-0.2, 0) is 0 Å². The molecule has 0 aromatic carbocycles. The minimum Gasteiger partial charge on any atom is -0.397 e. The number of carbonyl (C=O) groups is 1. The molecule has 6 heteroatoms. The summed E-state index contributed by atoms with van der Waals surface area (Å²) in [4.78, 5) is 15.3. The topological polar surface area (TPSA) is 71.2 Å². The van der Waals surface area contributed by atoms with Gasteiger partial charge in [-0.2, -0.15) is 0 Å². The van der Waals surface area contributed by atoms with Crippen molar-refractivity contribution >= 4 is 23.2 Å². The summed E-state index contributed by atoms with van der Waals surface area (Å²) in [5, 5.41) is 1.76. The lowest BCUT2D eigenvalue weighted by Gasteiger charge is -2.12. The van der Waals surface area contributed by atoms with E-state index in [-0.39, 0.29) is 11.1 Å². The van der Waals surface area contributed by atoms with Crippen LogP contribution in [0.2, 0.25) is 5.15 Å². The fraction of sp³-hybridized carbons (Fsp3) is 0.250. The number of hydrazine groups is 1. The second-order valence-electron chi connectivity index (χ2n) is 2.93. The van der Waals surface area contributed by atoms with E-state index >= 15 is 0 Å². The van der Waals surface area contributed by atoms with Gasteiger partial charge in [0.05, 0.1) is 17.4 Å². The van der Waals surface area contributed by atoms with E-state index in [9.17, 15) is 4.79 Å². The zero-order chi connectivity index (χ0) is 10.7. The standard InChI is InChI=1S/C8H11ClN4O/c1-13(2)12-8(14)5-3-7(9)11-4-6(5)10/h3-4H,10H2,1-2H3,(H,12,14). The lowest BCUT2D eigenvalue weighted by Crippen LogP contribution is -2.36. The third kappa shape index (κ3) is 2.58. The number of nitrogens with two attached hydrogens (primary N) is 1. The molecule has 0 saturated carbocycles. The van der Waals surface area contributed by atoms with Crippen LogP contribution in [0.3, 0.4) is 0 Å². The predicted octanol–water partition coefficient (Wildman–Crippen LogP) is 0.524. The molecule has 0 radical (unpaired) electrons. The van der Waals surface area contributed by atoms with Crippen molar-refractivity contribution in [2.24, 2.45) is 0 Å². The smallest absolute Gasteiger partial charge is 0.267 e. The second-order valence-corrected chi connectivity index (χ2v) is 3.32. The highest BCUT2D eigenvalue weighted by molar-refractivity contribution is 6.29. The zero-order valence-corrected chi connectivity index (χ0v) is 8.67. The van der Waals surface area contributed by atoms with Gasteiger partial charge in [0, 0.05) is 14.1 Å². The van der Waals surface area contributed by atoms with Crippen LogP contribution in [0.4, 0.5) is 5.69 Å². The van der Waals surface area contributed by atoms with Gasteiger partial charge in [-0.15, -0.1) is 0 Å². The number of rotatable bonds is 2. The number of anilines is 1. The molecule has 0 unspecified atom stereocenters. The third-order valence-electron chi connectivity index (χ3n) is 1.47. The molecule has 1 aromatic rings. The van der Waals surface area contributed by atoms with Crippen LogP contribution in [0.15, 0.2) is 12.3 Å². The van der Waals surface area contributed by atoms with Crippen molar-refractivity contribution in [1.82, 2.24) is 15.4 Å². The number of halogens is 1. The molecule has 76 valence electrons. The molecule has 0 aliphatic heterocycles. The van der Waals surface area contributed by atoms with Crippen molar-refractivity contribution in [2.45, 2.75) is 0 Å². The maximum Gasteiger partial charge on any atom is 0.267 e. The number of hydrogen-bond donors (Lipinski definition) is 2. The molecule has 0 spiro atoms. The lowest BCUT2D eigenvalue weighted by molar-refractivity contribution is 0.0858. The lowest BCUT2D eigenvalue weighted by atomic mass is 10.2. The van der Waals surface area contributed by atoms with E-state index in [0.717, 1.165) is 0 Å². The summed E-state index contributed by atoms with van der Waals surface area (Å²) in [7, 11) is 3.41. The molecule has 0 aliphatic rings. The van der Waals surface area contributed by atoms with E-state index in [0.29, 0.717) is 11.3 Å². The maximum atomic E-state index is 11.5. The van der Waals surface area contributed by atoms with E-state index in [1.807, 2.05) is 0 Å². The van der Waals surface area contributed by atoms with Gasteiger partial charge in [0.15, 0.2) is 0 Å². The molecule has 0 fully saturated rings. The molecular formula is C8H11ClN4O. The van der Waals surface area contributed by atoms with E-state index < -0.39 is 0 Å². The van der Waals surface area contributed by atoms with Crippen LogP contribution in [0.25, 0.3) is 0 Å². The highest BCUT2D eigenvalue weighted by atomic mass is 35.5. The summed E-state index contributed by atoms with van der Waals surface area (Å²) in [6.07, 6.45) is 1.35. The summed E-state index contributed by atoms with van der Waals surface area (Å²) in [6, 6.07) is 1.43. The summed E-state index contributed by atoms with van der Waals surface area (Å²) < 4.78 is 0. The van der Waals surface area contributed by atoms with Crippen molar-refractivity contribution in [1.29, 1.82) is 0 Å². The van der Waals surface area contributed by atoms with E-state index in [1.54, 1.807) is 14.1 Å². The van der Waals surface area contributed by atoms with E-state index in [1.165, 1.54) is 17.3 Å². The quantitative estimate of drug-likeness (QED) is 0.556. The molecule has 0 aliphatic carbocycles. The number of carbonyl (C=O) groups excluding carboxylic acids is 1. The fourth-order valence-corrected chi connectivity index (χ4v) is 1.06. The summed E-state index contributed by atoms with van der Waals surface area (Å²) >= 11 is 5.64. The largest absolute Gasteiger partial charge is 0.397 e. The molecule has 14 heavy (non-hydrogen) atoms. The minimum atomic E-state index is -0.309. The van der Waals surface area contributed by atoms with Gasteiger partial charge in [-0.1, -0.05) is 11.6 Å². The second kappa shape index (κ2) is 4.26. The minimum absolute atomic E-state index is 0.239. The number of hydrogen-bond acceptors (Lipinski definition) is 4. The molecule has 5 nitrogen and oxygen atoms in total. The number of nitrogen functional groups attached to an aromatic ring is 1. The molecule has 1 amide bonds. The molecule has 0 atom stereocenters. The highest BCUT2D eigenvalue weighted by Crippen LogP contribution is 2.14. The van der Waals surface area contributed by atoms with Gasteiger partial charge in [-0.3, -0.25) is 10.2 Å². The Morgan fingerprint density at radius 3 is 2.86 bits per heavy atom. The van der Waals surface area contributed by atoms with Gasteiger partial charge in [0.1, 0.15) is 5.15 Å². The van der Waals surface area contributed by atoms with Crippen LogP contribution in [0.5, 0.6) is 0 Å². The SMILES string of the molecule is CN(C)NC(=O)c1cc(Cl)ncc1N. The zero-order valence-electron chi connectivity index (χ0n) is 7.91. The molecule has 1 heterocycles. The first-order valence-electron chi connectivity index (χ1n) is 3.90. The monoisotopic (exact) mass is 214 g/mol. The molecular weight excluding hydrogens is 204 g/mol. The predicted molar refractivity (Wildman–Crippen MR) is 54.8 cm³/mol. The van der Waals surface area contributed by atoms with Crippen molar-refractivity contribution in [2.75, 3.05) is 19.8 Å². The van der Waals surface area contributed by atoms with Crippen molar-refractivity contribution in [3.8, 4) is 0 Å². The maximum absolute atomic E-state index is 11.5. The van der Waals surface area contributed by atoms with Gasteiger partial charge >= 0.3 is 0 Å². The van der Waals surface area contributed by atoms with Crippen LogP contribution < -0.4 is 11.2 Å². The Labute approximate surface area is 86.8 Å². The first-order chi connectivity index (χ1) is 6.50. The van der Waals surface area contributed by atoms with Gasteiger partial charge < -0.3 is 5.73 Å². The third-order valence-corrected chi connectivity index (χ3v) is 1.68. The number of nitrogens with zero attached hydrogens (tertiary/aromatic N) is 2. The fourth-order valence-electron chi connectivity index (χ4n) is 0.900. The molecule has 0 bridgehead atoms. The van der Waals surface area contributed by atoms with Crippen molar-refractivity contribution < 1.29 is 4.79 Å². The average Bonchev–Trinajstić information content (AvgIpc) is 2.08. The Balaban J connectivity index is 2.94. The Bertz CT molecular complexity index is 353. The molecule has 3 N–H and O–H groups in total. The Morgan fingerprint density at radius 1 is 1.64 bits per heavy atom. The van der Waals surface area contributed by atoms with Crippen LogP contribution in [-0.4, -0.2) is 30.0 Å². The van der Waals surface area contributed by atoms with Gasteiger partial charge in [0.2, 0.25) is 0 Å². The average molecular weight is 215 g/mol. The Kier molecular flexibility index (Phi) is 3.27. The normalized spacial score (nSPS) is 10.3. The number of nitrogens with one attached hydrogen (secondary N) is 1. The molecule has 1 aromatic heterocycles. The first-order valence-corrected chi connectivity index (χ1v) is 4.28. The van der Waals surface area contributed by atoms with Crippen LogP contribution in [0, 0.1) is 0 Å². The van der Waals surface area contributed by atoms with Crippen molar-refractivity contribution in [3.63, 3.8) is 0 Å². The van der Waals surface area contributed by atoms with Crippen LogP contribution in [0.1, 0.15) is 10.4 Å². The van der Waals surface area contributed by atoms with Crippen LogP contribution >= 0.6 is 11.6 Å². The number of aromatic nitrogens is 1. The molecule has 0 saturated heterocycles.